The van der Waals surface area contributed by atoms with Crippen molar-refractivity contribution in [2.45, 2.75) is 58.5 Å². The summed E-state index contributed by atoms with van der Waals surface area (Å²) in [4.78, 5) is 30.0. The Labute approximate surface area is 189 Å². The standard InChI is InChI=1S/C26H32N4O2/c1-16-21-7-5-11-29-10-4-6-18(29)15-28-20-12-17(8-9-19(20)25(27)32)30(21)22-13-26(2,3)14-23(31)24(16)22/h5,7-9,11-12,18,22,28H,4,6,10,13-15H2,1-3H3,(H2,27,32)/b11-5+,21-7+/t18-,22?/m1/s1. The molecule has 4 aliphatic rings. The van der Waals surface area contributed by atoms with Crippen LogP contribution in [-0.4, -0.2) is 41.8 Å². The number of benzene rings is 1. The zero-order chi connectivity index (χ0) is 22.6. The molecule has 0 aromatic heterocycles. The van der Waals surface area contributed by atoms with Crippen molar-refractivity contribution in [3.8, 4) is 0 Å². The Balaban J connectivity index is 1.68. The van der Waals surface area contributed by atoms with Gasteiger partial charge in [0.15, 0.2) is 5.78 Å². The number of nitrogens with two attached hydrogens (primary N) is 1. The van der Waals surface area contributed by atoms with Gasteiger partial charge in [-0.1, -0.05) is 13.8 Å². The summed E-state index contributed by atoms with van der Waals surface area (Å²) in [6.07, 6.45) is 10.2. The lowest BCUT2D eigenvalue weighted by atomic mass is 9.72. The maximum atomic E-state index is 13.2. The highest BCUT2D eigenvalue weighted by atomic mass is 16.1. The Kier molecular flexibility index (Phi) is 4.91. The fourth-order valence-electron chi connectivity index (χ4n) is 5.89. The van der Waals surface area contributed by atoms with Crippen LogP contribution in [0.2, 0.25) is 0 Å². The topological polar surface area (TPSA) is 78.7 Å². The van der Waals surface area contributed by atoms with E-state index in [0.29, 0.717) is 18.0 Å². The first-order chi connectivity index (χ1) is 15.2. The van der Waals surface area contributed by atoms with Crippen molar-refractivity contribution in [2.24, 2.45) is 11.1 Å². The van der Waals surface area contributed by atoms with E-state index in [1.165, 1.54) is 0 Å². The van der Waals surface area contributed by atoms with Gasteiger partial charge in [-0.3, -0.25) is 9.59 Å². The molecule has 1 aromatic rings. The highest BCUT2D eigenvalue weighted by Crippen LogP contribution is 2.48. The summed E-state index contributed by atoms with van der Waals surface area (Å²) in [5.74, 6) is -0.187. The number of primary amides is 1. The molecule has 1 saturated heterocycles. The first kappa shape index (κ1) is 20.9. The molecule has 3 heterocycles. The van der Waals surface area contributed by atoms with E-state index in [9.17, 15) is 9.59 Å². The van der Waals surface area contributed by atoms with Crippen LogP contribution in [0.5, 0.6) is 0 Å². The van der Waals surface area contributed by atoms with Gasteiger partial charge in [0.1, 0.15) is 0 Å². The van der Waals surface area contributed by atoms with E-state index in [-0.39, 0.29) is 17.2 Å². The second-order valence-corrected chi connectivity index (χ2v) is 10.3. The number of carbonyl (C=O) groups excluding carboxylic acids is 2. The summed E-state index contributed by atoms with van der Waals surface area (Å²) in [5.41, 5.74) is 10.9. The van der Waals surface area contributed by atoms with E-state index in [2.05, 4.69) is 54.2 Å². The molecule has 3 aliphatic heterocycles. The third kappa shape index (κ3) is 3.42. The van der Waals surface area contributed by atoms with Gasteiger partial charge in [0.2, 0.25) is 0 Å². The minimum absolute atomic E-state index is 0.000605. The number of Topliss-reactive ketones (excluding diaryl/α,β-unsaturated/α-hetero) is 1. The van der Waals surface area contributed by atoms with Crippen LogP contribution < -0.4 is 16.0 Å². The molecule has 1 aliphatic carbocycles. The van der Waals surface area contributed by atoms with E-state index in [0.717, 1.165) is 60.6 Å². The molecule has 3 N–H and O–H groups in total. The molecular formula is C26H32N4O2. The second-order valence-electron chi connectivity index (χ2n) is 10.3. The number of nitrogens with zero attached hydrogens (tertiary/aromatic N) is 2. The number of fused-ring (bicyclic) bond motifs is 7. The maximum absolute atomic E-state index is 13.2. The van der Waals surface area contributed by atoms with E-state index < -0.39 is 5.91 Å². The lowest BCUT2D eigenvalue weighted by Crippen LogP contribution is -2.41. The summed E-state index contributed by atoms with van der Waals surface area (Å²) in [7, 11) is 0. The van der Waals surface area contributed by atoms with Crippen LogP contribution in [0.1, 0.15) is 56.8 Å². The Bertz CT molecular complexity index is 1080. The predicted octanol–water partition coefficient (Wildman–Crippen LogP) is 3.97. The summed E-state index contributed by atoms with van der Waals surface area (Å²) in [6, 6.07) is 6.17. The van der Waals surface area contributed by atoms with Crippen molar-refractivity contribution in [3.63, 3.8) is 0 Å². The lowest BCUT2D eigenvalue weighted by Gasteiger charge is -2.39. The summed E-state index contributed by atoms with van der Waals surface area (Å²) in [6.45, 7) is 8.19. The Morgan fingerprint density at radius 1 is 1.28 bits per heavy atom. The highest BCUT2D eigenvalue weighted by molar-refractivity contribution is 6.03. The number of carbonyl (C=O) groups is 2. The van der Waals surface area contributed by atoms with Crippen LogP contribution in [-0.2, 0) is 4.79 Å². The number of amides is 1. The van der Waals surface area contributed by atoms with Crippen molar-refractivity contribution in [3.05, 3.63) is 59.0 Å². The van der Waals surface area contributed by atoms with E-state index in [4.69, 9.17) is 5.73 Å². The average Bonchev–Trinajstić information content (AvgIpc) is 3.26. The van der Waals surface area contributed by atoms with Crippen LogP contribution in [0.4, 0.5) is 11.4 Å². The van der Waals surface area contributed by atoms with Crippen LogP contribution in [0.15, 0.2) is 53.4 Å². The molecule has 6 nitrogen and oxygen atoms in total. The third-order valence-corrected chi connectivity index (χ3v) is 7.41. The van der Waals surface area contributed by atoms with E-state index >= 15 is 0 Å². The number of nitrogens with one attached hydrogen (secondary N) is 1. The number of hydrogen-bond donors (Lipinski definition) is 2. The average molecular weight is 433 g/mol. The molecule has 2 bridgehead atoms. The summed E-state index contributed by atoms with van der Waals surface area (Å²) >= 11 is 0. The molecule has 2 atom stereocenters. The molecule has 0 spiro atoms. The van der Waals surface area contributed by atoms with Gasteiger partial charge in [0.25, 0.3) is 5.91 Å². The number of hydrogen-bond acceptors (Lipinski definition) is 5. The van der Waals surface area contributed by atoms with Gasteiger partial charge in [-0.2, -0.15) is 0 Å². The van der Waals surface area contributed by atoms with Crippen LogP contribution >= 0.6 is 0 Å². The van der Waals surface area contributed by atoms with E-state index in [1.807, 2.05) is 18.2 Å². The maximum Gasteiger partial charge on any atom is 0.250 e. The first-order valence-electron chi connectivity index (χ1n) is 11.6. The molecule has 1 aromatic carbocycles. The third-order valence-electron chi connectivity index (χ3n) is 7.41. The minimum Gasteiger partial charge on any atom is -0.382 e. The van der Waals surface area contributed by atoms with Gasteiger partial charge in [-0.25, -0.2) is 0 Å². The summed E-state index contributed by atoms with van der Waals surface area (Å²) in [5, 5.41) is 3.51. The number of allylic oxidation sites excluding steroid dienone is 3. The molecule has 2 fully saturated rings. The number of rotatable bonds is 1. The molecule has 1 unspecified atom stereocenters. The van der Waals surface area contributed by atoms with Gasteiger partial charge in [0, 0.05) is 48.2 Å². The molecule has 5 rings (SSSR count). The molecular weight excluding hydrogens is 400 g/mol. The van der Waals surface area contributed by atoms with Crippen molar-refractivity contribution in [1.82, 2.24) is 4.90 Å². The molecule has 168 valence electrons. The number of anilines is 2. The molecule has 1 amide bonds. The van der Waals surface area contributed by atoms with Gasteiger partial charge >= 0.3 is 0 Å². The van der Waals surface area contributed by atoms with Gasteiger partial charge in [-0.15, -0.1) is 0 Å². The quantitative estimate of drug-likeness (QED) is 0.702. The normalized spacial score (nSPS) is 29.1. The van der Waals surface area contributed by atoms with Crippen LogP contribution in [0.25, 0.3) is 0 Å². The SMILES string of the molecule is CC1=C2C(=O)CC(C)(C)CC2N2/C1=C/C=C/N1CCC[C@@H]1CNc1cc2ccc1C(N)=O. The lowest BCUT2D eigenvalue weighted by molar-refractivity contribution is -0.119. The van der Waals surface area contributed by atoms with E-state index in [1.54, 1.807) is 0 Å². The van der Waals surface area contributed by atoms with Crippen molar-refractivity contribution in [2.75, 3.05) is 23.3 Å². The predicted molar refractivity (Wildman–Crippen MR) is 127 cm³/mol. The highest BCUT2D eigenvalue weighted by Gasteiger charge is 2.46. The van der Waals surface area contributed by atoms with Crippen molar-refractivity contribution >= 4 is 23.1 Å². The molecule has 6 heteroatoms. The first-order valence-corrected chi connectivity index (χ1v) is 11.6. The minimum atomic E-state index is -0.435. The fraction of sp³-hybridized carbons (Fsp3) is 0.462. The zero-order valence-electron chi connectivity index (χ0n) is 19.1. The fourth-order valence-corrected chi connectivity index (χ4v) is 5.89. The van der Waals surface area contributed by atoms with Crippen molar-refractivity contribution in [1.29, 1.82) is 0 Å². The monoisotopic (exact) mass is 432 g/mol. The van der Waals surface area contributed by atoms with Crippen LogP contribution in [0.3, 0.4) is 0 Å². The smallest absolute Gasteiger partial charge is 0.250 e. The molecule has 1 saturated carbocycles. The Morgan fingerprint density at radius 3 is 2.88 bits per heavy atom. The van der Waals surface area contributed by atoms with Crippen LogP contribution in [0, 0.1) is 5.41 Å². The Morgan fingerprint density at radius 2 is 2.09 bits per heavy atom. The largest absolute Gasteiger partial charge is 0.382 e. The molecule has 32 heavy (non-hydrogen) atoms. The number of ketones is 1. The van der Waals surface area contributed by atoms with Crippen molar-refractivity contribution < 1.29 is 9.59 Å². The molecule has 0 radical (unpaired) electrons. The van der Waals surface area contributed by atoms with Gasteiger partial charge < -0.3 is 20.9 Å². The zero-order valence-corrected chi connectivity index (χ0v) is 19.1. The Hall–Kier alpha value is -3.02. The second kappa shape index (κ2) is 7.54. The van der Waals surface area contributed by atoms with Gasteiger partial charge in [0.05, 0.1) is 11.6 Å². The summed E-state index contributed by atoms with van der Waals surface area (Å²) < 4.78 is 0. The van der Waals surface area contributed by atoms with Gasteiger partial charge in [-0.05, 0) is 73.7 Å².